The van der Waals surface area contributed by atoms with Crippen molar-refractivity contribution in [1.29, 1.82) is 0 Å². The van der Waals surface area contributed by atoms with E-state index in [9.17, 15) is 13.2 Å². The number of rotatable bonds is 7. The highest BCUT2D eigenvalue weighted by Crippen LogP contribution is 2.19. The third-order valence-electron chi connectivity index (χ3n) is 2.80. The minimum atomic E-state index is -3.70. The van der Waals surface area contributed by atoms with Crippen LogP contribution in [0.3, 0.4) is 0 Å². The first-order chi connectivity index (χ1) is 9.24. The lowest BCUT2D eigenvalue weighted by Gasteiger charge is -2.10. The van der Waals surface area contributed by atoms with Crippen molar-refractivity contribution < 1.29 is 18.3 Å². The normalized spacial score (nSPS) is 11.8. The molecule has 0 aliphatic rings. The van der Waals surface area contributed by atoms with Gasteiger partial charge in [-0.2, -0.15) is 0 Å². The van der Waals surface area contributed by atoms with Gasteiger partial charge in [0, 0.05) is 6.54 Å². The molecule has 0 amide bonds. The molecule has 1 aromatic rings. The van der Waals surface area contributed by atoms with Crippen molar-refractivity contribution in [3.63, 3.8) is 0 Å². The molecule has 0 saturated carbocycles. The maximum absolute atomic E-state index is 12.0. The van der Waals surface area contributed by atoms with E-state index in [0.29, 0.717) is 12.5 Å². The zero-order valence-corrected chi connectivity index (χ0v) is 12.4. The summed E-state index contributed by atoms with van der Waals surface area (Å²) in [5.41, 5.74) is 5.51. The number of nitrogen functional groups attached to an aromatic ring is 1. The molecule has 0 spiro atoms. The standard InChI is InChI=1S/C13H20N2O4S/c1-9(2)4-3-7-15-20(18,19)12-6-5-10(13(16)17)8-11(12)14/h5-6,8-9,15H,3-4,7,14H2,1-2H3,(H,16,17). The fraction of sp³-hybridized carbons (Fsp3) is 0.462. The highest BCUT2D eigenvalue weighted by Gasteiger charge is 2.18. The number of hydrogen-bond donors (Lipinski definition) is 3. The predicted molar refractivity (Wildman–Crippen MR) is 77.1 cm³/mol. The first-order valence-corrected chi connectivity index (χ1v) is 7.85. The van der Waals surface area contributed by atoms with E-state index in [1.165, 1.54) is 12.1 Å². The van der Waals surface area contributed by atoms with E-state index in [1.54, 1.807) is 0 Å². The molecule has 0 aliphatic carbocycles. The van der Waals surface area contributed by atoms with Gasteiger partial charge in [0.2, 0.25) is 10.0 Å². The van der Waals surface area contributed by atoms with Gasteiger partial charge >= 0.3 is 5.97 Å². The molecule has 0 bridgehead atoms. The number of carbonyl (C=O) groups is 1. The minimum absolute atomic E-state index is 0.0405. The quantitative estimate of drug-likeness (QED) is 0.524. The van der Waals surface area contributed by atoms with Crippen molar-refractivity contribution >= 4 is 21.7 Å². The topological polar surface area (TPSA) is 109 Å². The molecule has 20 heavy (non-hydrogen) atoms. The predicted octanol–water partition coefficient (Wildman–Crippen LogP) is 1.68. The number of aromatic carboxylic acids is 1. The summed E-state index contributed by atoms with van der Waals surface area (Å²) < 4.78 is 26.5. The largest absolute Gasteiger partial charge is 0.478 e. The Morgan fingerprint density at radius 2 is 2.05 bits per heavy atom. The Balaban J connectivity index is 2.80. The van der Waals surface area contributed by atoms with Gasteiger partial charge in [-0.1, -0.05) is 13.8 Å². The first-order valence-electron chi connectivity index (χ1n) is 6.36. The van der Waals surface area contributed by atoms with Crippen LogP contribution in [0.1, 0.15) is 37.0 Å². The maximum Gasteiger partial charge on any atom is 0.335 e. The zero-order chi connectivity index (χ0) is 15.3. The SMILES string of the molecule is CC(C)CCCNS(=O)(=O)c1ccc(C(=O)O)cc1N. The third kappa shape index (κ3) is 4.50. The highest BCUT2D eigenvalue weighted by molar-refractivity contribution is 7.89. The Morgan fingerprint density at radius 3 is 2.55 bits per heavy atom. The van der Waals surface area contributed by atoms with Gasteiger partial charge in [-0.15, -0.1) is 0 Å². The molecule has 0 heterocycles. The average Bonchev–Trinajstić information content (AvgIpc) is 2.34. The number of carboxylic acid groups (broad SMARTS) is 1. The van der Waals surface area contributed by atoms with Crippen molar-refractivity contribution in [3.05, 3.63) is 23.8 Å². The second-order valence-electron chi connectivity index (χ2n) is 4.99. The van der Waals surface area contributed by atoms with Gasteiger partial charge in [0.15, 0.2) is 0 Å². The van der Waals surface area contributed by atoms with Gasteiger partial charge in [-0.25, -0.2) is 17.9 Å². The van der Waals surface area contributed by atoms with E-state index >= 15 is 0 Å². The average molecular weight is 300 g/mol. The van der Waals surface area contributed by atoms with Crippen LogP contribution in [0.25, 0.3) is 0 Å². The smallest absolute Gasteiger partial charge is 0.335 e. The van der Waals surface area contributed by atoms with Gasteiger partial charge in [0.25, 0.3) is 0 Å². The second-order valence-corrected chi connectivity index (χ2v) is 6.73. The van der Waals surface area contributed by atoms with Gasteiger partial charge in [0.1, 0.15) is 4.90 Å². The van der Waals surface area contributed by atoms with Crippen LogP contribution < -0.4 is 10.5 Å². The van der Waals surface area contributed by atoms with Crippen molar-refractivity contribution in [1.82, 2.24) is 4.72 Å². The molecule has 7 heteroatoms. The van der Waals surface area contributed by atoms with Crippen molar-refractivity contribution in [2.45, 2.75) is 31.6 Å². The van der Waals surface area contributed by atoms with Crippen LogP contribution in [0, 0.1) is 5.92 Å². The molecule has 0 unspecified atom stereocenters. The number of hydrogen-bond acceptors (Lipinski definition) is 4. The summed E-state index contributed by atoms with van der Waals surface area (Å²) in [6.45, 7) is 4.47. The highest BCUT2D eigenvalue weighted by atomic mass is 32.2. The number of carboxylic acids is 1. The minimum Gasteiger partial charge on any atom is -0.478 e. The van der Waals surface area contributed by atoms with Crippen LogP contribution in [0.5, 0.6) is 0 Å². The molecule has 0 aliphatic heterocycles. The van der Waals surface area contributed by atoms with Crippen LogP contribution in [-0.4, -0.2) is 26.0 Å². The van der Waals surface area contributed by atoms with E-state index in [2.05, 4.69) is 18.6 Å². The summed E-state index contributed by atoms with van der Waals surface area (Å²) in [7, 11) is -3.70. The Bertz CT molecular complexity index is 582. The lowest BCUT2D eigenvalue weighted by atomic mass is 10.1. The second kappa shape index (κ2) is 6.71. The van der Waals surface area contributed by atoms with Crippen molar-refractivity contribution in [2.24, 2.45) is 5.92 Å². The number of nitrogens with two attached hydrogens (primary N) is 1. The third-order valence-corrected chi connectivity index (χ3v) is 4.33. The number of nitrogens with one attached hydrogen (secondary N) is 1. The fourth-order valence-corrected chi connectivity index (χ4v) is 2.91. The molecule has 1 rings (SSSR count). The van der Waals surface area contributed by atoms with E-state index < -0.39 is 16.0 Å². The molecule has 6 nitrogen and oxygen atoms in total. The molecule has 0 aromatic heterocycles. The van der Waals surface area contributed by atoms with Crippen LogP contribution in [0.2, 0.25) is 0 Å². The van der Waals surface area contributed by atoms with Crippen molar-refractivity contribution in [2.75, 3.05) is 12.3 Å². The Labute approximate surface area is 119 Å². The van der Waals surface area contributed by atoms with Gasteiger partial charge in [0.05, 0.1) is 11.3 Å². The Hall–Kier alpha value is -1.60. The van der Waals surface area contributed by atoms with E-state index in [0.717, 1.165) is 18.9 Å². The summed E-state index contributed by atoms with van der Waals surface area (Å²) in [6.07, 6.45) is 1.67. The monoisotopic (exact) mass is 300 g/mol. The van der Waals surface area contributed by atoms with E-state index in [1.807, 2.05) is 0 Å². The van der Waals surface area contributed by atoms with Gasteiger partial charge < -0.3 is 10.8 Å². The van der Waals surface area contributed by atoms with Gasteiger partial charge in [-0.05, 0) is 37.0 Å². The molecule has 0 atom stereocenters. The van der Waals surface area contributed by atoms with E-state index in [4.69, 9.17) is 10.8 Å². The van der Waals surface area contributed by atoms with Crippen LogP contribution in [0.15, 0.2) is 23.1 Å². The number of sulfonamides is 1. The maximum atomic E-state index is 12.0. The number of anilines is 1. The summed E-state index contributed by atoms with van der Waals surface area (Å²) in [6, 6.07) is 3.58. The number of benzene rings is 1. The van der Waals surface area contributed by atoms with Gasteiger partial charge in [-0.3, -0.25) is 0 Å². The summed E-state index contributed by atoms with van der Waals surface area (Å²) in [4.78, 5) is 10.7. The molecular formula is C13H20N2O4S. The van der Waals surface area contributed by atoms with Crippen LogP contribution in [0.4, 0.5) is 5.69 Å². The molecule has 0 radical (unpaired) electrons. The molecule has 112 valence electrons. The molecule has 0 fully saturated rings. The van der Waals surface area contributed by atoms with E-state index in [-0.39, 0.29) is 16.1 Å². The summed E-state index contributed by atoms with van der Waals surface area (Å²) >= 11 is 0. The lowest BCUT2D eigenvalue weighted by Crippen LogP contribution is -2.26. The fourth-order valence-electron chi connectivity index (χ4n) is 1.72. The molecule has 0 saturated heterocycles. The molecule has 4 N–H and O–H groups in total. The summed E-state index contributed by atoms with van der Waals surface area (Å²) in [5, 5.41) is 8.81. The van der Waals surface area contributed by atoms with Crippen LogP contribution >= 0.6 is 0 Å². The molecular weight excluding hydrogens is 280 g/mol. The Morgan fingerprint density at radius 1 is 1.40 bits per heavy atom. The summed E-state index contributed by atoms with van der Waals surface area (Å²) in [5.74, 6) is -0.634. The lowest BCUT2D eigenvalue weighted by molar-refractivity contribution is 0.0697. The first kappa shape index (κ1) is 16.5. The Kier molecular flexibility index (Phi) is 5.52. The molecule has 1 aromatic carbocycles. The zero-order valence-electron chi connectivity index (χ0n) is 11.6. The van der Waals surface area contributed by atoms with Crippen LogP contribution in [-0.2, 0) is 10.0 Å². The van der Waals surface area contributed by atoms with Crippen molar-refractivity contribution in [3.8, 4) is 0 Å².